The molecule has 1 fully saturated rings. The molecule has 1 saturated heterocycles. The van der Waals surface area contributed by atoms with Crippen molar-refractivity contribution in [3.05, 3.63) is 23.2 Å². The SMILES string of the molecule is CCCCNC(=O)COc1ccc(S(=O)(=O)N2CCOCC2)cc1Cl. The number of amides is 1. The van der Waals surface area contributed by atoms with Gasteiger partial charge in [-0.05, 0) is 24.6 Å². The molecule has 0 spiro atoms. The van der Waals surface area contributed by atoms with Gasteiger partial charge in [0.25, 0.3) is 5.91 Å². The molecule has 0 unspecified atom stereocenters. The van der Waals surface area contributed by atoms with Gasteiger partial charge < -0.3 is 14.8 Å². The standard InChI is InChI=1S/C16H23ClN2O5S/c1-2-3-6-18-16(20)12-24-15-5-4-13(11-14(15)17)25(21,22)19-7-9-23-10-8-19/h4-5,11H,2-3,6-10,12H2,1H3,(H,18,20). The Hall–Kier alpha value is -1.35. The number of halogens is 1. The van der Waals surface area contributed by atoms with Crippen molar-refractivity contribution < 1.29 is 22.7 Å². The molecular formula is C16H23ClN2O5S. The molecule has 0 saturated carbocycles. The van der Waals surface area contributed by atoms with E-state index in [-0.39, 0.29) is 28.2 Å². The highest BCUT2D eigenvalue weighted by atomic mass is 35.5. The molecule has 0 bridgehead atoms. The molecule has 1 aliphatic heterocycles. The van der Waals surface area contributed by atoms with E-state index in [9.17, 15) is 13.2 Å². The van der Waals surface area contributed by atoms with Gasteiger partial charge in [0.15, 0.2) is 6.61 Å². The Morgan fingerprint density at radius 1 is 1.36 bits per heavy atom. The molecule has 1 N–H and O–H groups in total. The highest BCUT2D eigenvalue weighted by Crippen LogP contribution is 2.29. The fourth-order valence-electron chi connectivity index (χ4n) is 2.29. The van der Waals surface area contributed by atoms with Crippen LogP contribution >= 0.6 is 11.6 Å². The van der Waals surface area contributed by atoms with Crippen molar-refractivity contribution in [1.82, 2.24) is 9.62 Å². The number of hydrogen-bond donors (Lipinski definition) is 1. The number of nitrogens with zero attached hydrogens (tertiary/aromatic N) is 1. The smallest absolute Gasteiger partial charge is 0.257 e. The van der Waals surface area contributed by atoms with E-state index in [4.69, 9.17) is 21.1 Å². The zero-order valence-electron chi connectivity index (χ0n) is 14.2. The van der Waals surface area contributed by atoms with E-state index in [1.54, 1.807) is 0 Å². The Morgan fingerprint density at radius 3 is 2.72 bits per heavy atom. The molecule has 1 heterocycles. The molecule has 0 aliphatic carbocycles. The lowest BCUT2D eigenvalue weighted by Gasteiger charge is -2.26. The first-order valence-electron chi connectivity index (χ1n) is 8.22. The molecular weight excluding hydrogens is 368 g/mol. The minimum atomic E-state index is -3.61. The second-order valence-corrected chi connectivity index (χ2v) is 7.95. The molecule has 2 rings (SSSR count). The van der Waals surface area contributed by atoms with Crippen LogP contribution in [0.1, 0.15) is 19.8 Å². The topological polar surface area (TPSA) is 84.9 Å². The number of carbonyl (C=O) groups excluding carboxylic acids is 1. The quantitative estimate of drug-likeness (QED) is 0.682. The van der Waals surface area contributed by atoms with Crippen LogP contribution in [0.15, 0.2) is 23.1 Å². The summed E-state index contributed by atoms with van der Waals surface area (Å²) in [6, 6.07) is 4.24. The Bertz CT molecular complexity index is 690. The van der Waals surface area contributed by atoms with Crippen molar-refractivity contribution in [2.75, 3.05) is 39.5 Å². The van der Waals surface area contributed by atoms with Crippen LogP contribution in [0, 0.1) is 0 Å². The summed E-state index contributed by atoms with van der Waals surface area (Å²) >= 11 is 6.12. The summed E-state index contributed by atoms with van der Waals surface area (Å²) in [6.07, 6.45) is 1.90. The average Bonchev–Trinajstić information content (AvgIpc) is 2.61. The van der Waals surface area contributed by atoms with Crippen molar-refractivity contribution in [2.45, 2.75) is 24.7 Å². The fraction of sp³-hybridized carbons (Fsp3) is 0.562. The van der Waals surface area contributed by atoms with Gasteiger partial charge in [0.1, 0.15) is 5.75 Å². The second-order valence-electron chi connectivity index (χ2n) is 5.60. The van der Waals surface area contributed by atoms with Gasteiger partial charge in [-0.3, -0.25) is 4.79 Å². The summed E-state index contributed by atoms with van der Waals surface area (Å²) in [5.74, 6) is 0.0303. The maximum absolute atomic E-state index is 12.6. The summed E-state index contributed by atoms with van der Waals surface area (Å²) in [5.41, 5.74) is 0. The molecule has 1 aromatic carbocycles. The molecule has 0 aromatic heterocycles. The van der Waals surface area contributed by atoms with Crippen molar-refractivity contribution in [3.63, 3.8) is 0 Å². The summed E-state index contributed by atoms with van der Waals surface area (Å²) in [4.78, 5) is 11.7. The molecule has 140 valence electrons. The van der Waals surface area contributed by atoms with Gasteiger partial charge in [-0.15, -0.1) is 0 Å². The van der Waals surface area contributed by atoms with Crippen LogP contribution < -0.4 is 10.1 Å². The zero-order chi connectivity index (χ0) is 18.3. The molecule has 1 aromatic rings. The Labute approximate surface area is 153 Å². The van der Waals surface area contributed by atoms with Crippen molar-refractivity contribution in [2.24, 2.45) is 0 Å². The normalized spacial score (nSPS) is 15.8. The van der Waals surface area contributed by atoms with E-state index in [2.05, 4.69) is 5.32 Å². The van der Waals surface area contributed by atoms with Crippen LogP contribution in [-0.4, -0.2) is 58.1 Å². The lowest BCUT2D eigenvalue weighted by molar-refractivity contribution is -0.123. The molecule has 0 radical (unpaired) electrons. The van der Waals surface area contributed by atoms with Crippen LogP contribution in [0.25, 0.3) is 0 Å². The first-order chi connectivity index (χ1) is 11.9. The number of sulfonamides is 1. The number of benzene rings is 1. The van der Waals surface area contributed by atoms with Gasteiger partial charge in [-0.1, -0.05) is 24.9 Å². The van der Waals surface area contributed by atoms with Crippen LogP contribution in [0.3, 0.4) is 0 Å². The molecule has 0 atom stereocenters. The van der Waals surface area contributed by atoms with Gasteiger partial charge >= 0.3 is 0 Å². The summed E-state index contributed by atoms with van der Waals surface area (Å²) in [7, 11) is -3.61. The largest absolute Gasteiger partial charge is 0.482 e. The molecule has 25 heavy (non-hydrogen) atoms. The van der Waals surface area contributed by atoms with Crippen molar-refractivity contribution in [1.29, 1.82) is 0 Å². The van der Waals surface area contributed by atoms with E-state index in [0.717, 1.165) is 12.8 Å². The summed E-state index contributed by atoms with van der Waals surface area (Å²) < 4.78 is 37.0. The maximum atomic E-state index is 12.6. The molecule has 7 nitrogen and oxygen atoms in total. The highest BCUT2D eigenvalue weighted by molar-refractivity contribution is 7.89. The Kier molecular flexibility index (Phi) is 7.49. The number of unbranched alkanes of at least 4 members (excludes halogenated alkanes) is 1. The predicted octanol–water partition coefficient (Wildman–Crippen LogP) is 1.66. The van der Waals surface area contributed by atoms with Crippen LogP contribution in [0.2, 0.25) is 5.02 Å². The van der Waals surface area contributed by atoms with Crippen molar-refractivity contribution >= 4 is 27.5 Å². The molecule has 1 aliphatic rings. The highest BCUT2D eigenvalue weighted by Gasteiger charge is 2.27. The maximum Gasteiger partial charge on any atom is 0.257 e. The summed E-state index contributed by atoms with van der Waals surface area (Å²) in [6.45, 7) is 3.85. The van der Waals surface area contributed by atoms with E-state index < -0.39 is 10.0 Å². The van der Waals surface area contributed by atoms with E-state index >= 15 is 0 Å². The van der Waals surface area contributed by atoms with Crippen molar-refractivity contribution in [3.8, 4) is 5.75 Å². The van der Waals surface area contributed by atoms with Gasteiger partial charge in [-0.2, -0.15) is 4.31 Å². The number of hydrogen-bond acceptors (Lipinski definition) is 5. The van der Waals surface area contributed by atoms with E-state index in [1.807, 2.05) is 6.92 Å². The van der Waals surface area contributed by atoms with Gasteiger partial charge in [0.05, 0.1) is 23.1 Å². The van der Waals surface area contributed by atoms with Gasteiger partial charge in [0.2, 0.25) is 10.0 Å². The monoisotopic (exact) mass is 390 g/mol. The third-order valence-electron chi connectivity index (χ3n) is 3.72. The van der Waals surface area contributed by atoms with Crippen LogP contribution in [-0.2, 0) is 19.6 Å². The fourth-order valence-corrected chi connectivity index (χ4v) is 4.03. The van der Waals surface area contributed by atoms with Gasteiger partial charge in [0, 0.05) is 19.6 Å². The van der Waals surface area contributed by atoms with Gasteiger partial charge in [-0.25, -0.2) is 8.42 Å². The first kappa shape index (κ1) is 20.0. The van der Waals surface area contributed by atoms with E-state index in [1.165, 1.54) is 22.5 Å². The van der Waals surface area contributed by atoms with Crippen LogP contribution in [0.4, 0.5) is 0 Å². The second kappa shape index (κ2) is 9.38. The Balaban J connectivity index is 1.99. The number of rotatable bonds is 8. The van der Waals surface area contributed by atoms with E-state index in [0.29, 0.717) is 32.8 Å². The van der Waals surface area contributed by atoms with Crippen LogP contribution in [0.5, 0.6) is 5.75 Å². The minimum absolute atomic E-state index is 0.0964. The number of morpholine rings is 1. The third kappa shape index (κ3) is 5.57. The molecule has 9 heteroatoms. The first-order valence-corrected chi connectivity index (χ1v) is 10.0. The molecule has 1 amide bonds. The summed E-state index contributed by atoms with van der Waals surface area (Å²) in [5, 5.41) is 2.88. The lowest BCUT2D eigenvalue weighted by Crippen LogP contribution is -2.40. The minimum Gasteiger partial charge on any atom is -0.482 e. The Morgan fingerprint density at radius 2 is 2.08 bits per heavy atom. The number of nitrogens with one attached hydrogen (secondary N) is 1. The number of ether oxygens (including phenoxy) is 2. The average molecular weight is 391 g/mol. The number of carbonyl (C=O) groups is 1. The predicted molar refractivity (Wildman–Crippen MR) is 94.4 cm³/mol. The lowest BCUT2D eigenvalue weighted by atomic mass is 10.3. The third-order valence-corrected chi connectivity index (χ3v) is 5.91. The zero-order valence-corrected chi connectivity index (χ0v) is 15.7.